The van der Waals surface area contributed by atoms with Crippen LogP contribution in [0.25, 0.3) is 0 Å². The van der Waals surface area contributed by atoms with Crippen LogP contribution in [0.4, 0.5) is 0 Å². The number of carbonyl (C=O) groups excluding carboxylic acids is 1. The second kappa shape index (κ2) is 4.33. The lowest BCUT2D eigenvalue weighted by atomic mass is 10.0. The number of nitrogens with one attached hydrogen (secondary N) is 1. The lowest BCUT2D eigenvalue weighted by Gasteiger charge is -2.06. The predicted molar refractivity (Wildman–Crippen MR) is 61.5 cm³/mol. The Labute approximate surface area is 94.6 Å². The van der Waals surface area contributed by atoms with Gasteiger partial charge in [-0.1, -0.05) is 23.7 Å². The first kappa shape index (κ1) is 10.7. The third-order valence-electron chi connectivity index (χ3n) is 2.70. The van der Waals surface area contributed by atoms with Crippen molar-refractivity contribution < 1.29 is 4.79 Å². The second-order valence-electron chi connectivity index (χ2n) is 3.99. The molecule has 2 rings (SSSR count). The SMILES string of the molecule is Cc1c(Cl)cccc1C(=O)CNC1CC1. The summed E-state index contributed by atoms with van der Waals surface area (Å²) in [5.74, 6) is 0.127. The summed E-state index contributed by atoms with van der Waals surface area (Å²) in [5.41, 5.74) is 1.61. The first-order valence-electron chi connectivity index (χ1n) is 5.20. The summed E-state index contributed by atoms with van der Waals surface area (Å²) >= 11 is 5.96. The summed E-state index contributed by atoms with van der Waals surface area (Å²) in [6, 6.07) is 6.02. The van der Waals surface area contributed by atoms with Gasteiger partial charge in [0.2, 0.25) is 0 Å². The van der Waals surface area contributed by atoms with Gasteiger partial charge in [-0.2, -0.15) is 0 Å². The monoisotopic (exact) mass is 223 g/mol. The van der Waals surface area contributed by atoms with Crippen molar-refractivity contribution in [2.75, 3.05) is 6.54 Å². The van der Waals surface area contributed by atoms with Crippen LogP contribution in [-0.2, 0) is 0 Å². The van der Waals surface area contributed by atoms with Crippen molar-refractivity contribution >= 4 is 17.4 Å². The zero-order valence-corrected chi connectivity index (χ0v) is 9.47. The summed E-state index contributed by atoms with van der Waals surface area (Å²) in [6.45, 7) is 2.30. The molecule has 0 atom stereocenters. The van der Waals surface area contributed by atoms with E-state index in [0.717, 1.165) is 11.1 Å². The zero-order chi connectivity index (χ0) is 10.8. The number of benzene rings is 1. The molecule has 0 saturated heterocycles. The molecule has 1 aromatic carbocycles. The Morgan fingerprint density at radius 1 is 1.53 bits per heavy atom. The van der Waals surface area contributed by atoms with Crippen LogP contribution in [0, 0.1) is 6.92 Å². The fourth-order valence-electron chi connectivity index (χ4n) is 1.53. The molecule has 1 aliphatic carbocycles. The third-order valence-corrected chi connectivity index (χ3v) is 3.11. The number of halogens is 1. The summed E-state index contributed by atoms with van der Waals surface area (Å²) in [5, 5.41) is 3.87. The average molecular weight is 224 g/mol. The zero-order valence-electron chi connectivity index (χ0n) is 8.72. The van der Waals surface area contributed by atoms with Crippen molar-refractivity contribution in [2.45, 2.75) is 25.8 Å². The highest BCUT2D eigenvalue weighted by Gasteiger charge is 2.21. The number of ketones is 1. The van der Waals surface area contributed by atoms with Crippen LogP contribution in [0.15, 0.2) is 18.2 Å². The van der Waals surface area contributed by atoms with Crippen LogP contribution in [0.1, 0.15) is 28.8 Å². The van der Waals surface area contributed by atoms with Crippen molar-refractivity contribution in [3.63, 3.8) is 0 Å². The molecule has 1 aliphatic rings. The first-order chi connectivity index (χ1) is 7.18. The summed E-state index contributed by atoms with van der Waals surface area (Å²) in [4.78, 5) is 11.8. The van der Waals surface area contributed by atoms with Gasteiger partial charge < -0.3 is 5.32 Å². The number of Topliss-reactive ketones (excluding diaryl/α,β-unsaturated/α-hetero) is 1. The van der Waals surface area contributed by atoms with Gasteiger partial charge in [0.15, 0.2) is 5.78 Å². The largest absolute Gasteiger partial charge is 0.307 e. The summed E-state index contributed by atoms with van der Waals surface area (Å²) in [6.07, 6.45) is 2.39. The number of rotatable bonds is 4. The Morgan fingerprint density at radius 2 is 2.27 bits per heavy atom. The topological polar surface area (TPSA) is 29.1 Å². The number of carbonyl (C=O) groups is 1. The van der Waals surface area contributed by atoms with E-state index in [2.05, 4.69) is 5.32 Å². The molecule has 0 unspecified atom stereocenters. The Bertz CT molecular complexity index is 385. The van der Waals surface area contributed by atoms with Gasteiger partial charge in [-0.3, -0.25) is 4.79 Å². The highest BCUT2D eigenvalue weighted by atomic mass is 35.5. The molecule has 0 aromatic heterocycles. The van der Waals surface area contributed by atoms with Gasteiger partial charge in [0.05, 0.1) is 6.54 Å². The van der Waals surface area contributed by atoms with E-state index in [1.54, 1.807) is 0 Å². The number of hydrogen-bond acceptors (Lipinski definition) is 2. The molecule has 1 saturated carbocycles. The normalized spacial score (nSPS) is 15.3. The molecular formula is C12H14ClNO. The van der Waals surface area contributed by atoms with Gasteiger partial charge in [-0.25, -0.2) is 0 Å². The second-order valence-corrected chi connectivity index (χ2v) is 4.40. The molecular weight excluding hydrogens is 210 g/mol. The van der Waals surface area contributed by atoms with Crippen molar-refractivity contribution in [1.82, 2.24) is 5.32 Å². The van der Waals surface area contributed by atoms with E-state index >= 15 is 0 Å². The van der Waals surface area contributed by atoms with E-state index in [-0.39, 0.29) is 5.78 Å². The molecule has 1 aromatic rings. The van der Waals surface area contributed by atoms with Gasteiger partial charge in [0, 0.05) is 16.6 Å². The van der Waals surface area contributed by atoms with Gasteiger partial charge in [0.1, 0.15) is 0 Å². The summed E-state index contributed by atoms with van der Waals surface area (Å²) < 4.78 is 0. The molecule has 0 aliphatic heterocycles. The van der Waals surface area contributed by atoms with E-state index < -0.39 is 0 Å². The molecule has 0 spiro atoms. The van der Waals surface area contributed by atoms with E-state index in [9.17, 15) is 4.79 Å². The molecule has 3 heteroatoms. The average Bonchev–Trinajstić information content (AvgIpc) is 3.02. The highest BCUT2D eigenvalue weighted by Crippen LogP contribution is 2.20. The van der Waals surface area contributed by atoms with Crippen LogP contribution < -0.4 is 5.32 Å². The Morgan fingerprint density at radius 3 is 2.93 bits per heavy atom. The van der Waals surface area contributed by atoms with Gasteiger partial charge in [0.25, 0.3) is 0 Å². The predicted octanol–water partition coefficient (Wildman–Crippen LogP) is 2.58. The lowest BCUT2D eigenvalue weighted by Crippen LogP contribution is -2.25. The van der Waals surface area contributed by atoms with Crippen LogP contribution in [-0.4, -0.2) is 18.4 Å². The van der Waals surface area contributed by atoms with Crippen LogP contribution in [0.5, 0.6) is 0 Å². The maximum absolute atomic E-state index is 11.8. The first-order valence-corrected chi connectivity index (χ1v) is 5.58. The molecule has 2 nitrogen and oxygen atoms in total. The maximum Gasteiger partial charge on any atom is 0.176 e. The maximum atomic E-state index is 11.8. The van der Waals surface area contributed by atoms with Crippen molar-refractivity contribution in [1.29, 1.82) is 0 Å². The fraction of sp³-hybridized carbons (Fsp3) is 0.417. The molecule has 0 heterocycles. The Kier molecular flexibility index (Phi) is 3.08. The smallest absolute Gasteiger partial charge is 0.176 e. The van der Waals surface area contributed by atoms with Crippen LogP contribution >= 0.6 is 11.6 Å². The minimum absolute atomic E-state index is 0.127. The number of hydrogen-bond donors (Lipinski definition) is 1. The summed E-state index contributed by atoms with van der Waals surface area (Å²) in [7, 11) is 0. The van der Waals surface area contributed by atoms with Crippen molar-refractivity contribution in [3.8, 4) is 0 Å². The fourth-order valence-corrected chi connectivity index (χ4v) is 1.70. The van der Waals surface area contributed by atoms with Crippen molar-refractivity contribution in [2.24, 2.45) is 0 Å². The van der Waals surface area contributed by atoms with Gasteiger partial charge >= 0.3 is 0 Å². The Balaban J connectivity index is 2.06. The molecule has 80 valence electrons. The molecule has 0 radical (unpaired) electrons. The Hall–Kier alpha value is -0.860. The lowest BCUT2D eigenvalue weighted by molar-refractivity contribution is 0.0990. The van der Waals surface area contributed by atoms with E-state index in [1.165, 1.54) is 12.8 Å². The van der Waals surface area contributed by atoms with E-state index in [4.69, 9.17) is 11.6 Å². The van der Waals surface area contributed by atoms with Crippen LogP contribution in [0.2, 0.25) is 5.02 Å². The van der Waals surface area contributed by atoms with Crippen molar-refractivity contribution in [3.05, 3.63) is 34.3 Å². The third kappa shape index (κ3) is 2.58. The molecule has 0 amide bonds. The highest BCUT2D eigenvalue weighted by molar-refractivity contribution is 6.31. The minimum atomic E-state index is 0.127. The molecule has 0 bridgehead atoms. The van der Waals surface area contributed by atoms with Crippen LogP contribution in [0.3, 0.4) is 0 Å². The molecule has 1 fully saturated rings. The minimum Gasteiger partial charge on any atom is -0.307 e. The quantitative estimate of drug-likeness (QED) is 0.795. The van der Waals surface area contributed by atoms with Gasteiger partial charge in [-0.15, -0.1) is 0 Å². The van der Waals surface area contributed by atoms with Gasteiger partial charge in [-0.05, 0) is 31.4 Å². The molecule has 1 N–H and O–H groups in total. The van der Waals surface area contributed by atoms with E-state index in [1.807, 2.05) is 25.1 Å². The standard InChI is InChI=1S/C12H14ClNO/c1-8-10(3-2-4-11(8)13)12(15)7-14-9-5-6-9/h2-4,9,14H,5-7H2,1H3. The molecule has 15 heavy (non-hydrogen) atoms. The van der Waals surface area contributed by atoms with E-state index in [0.29, 0.717) is 17.6 Å².